The van der Waals surface area contributed by atoms with Gasteiger partial charge < -0.3 is 91.9 Å². The minimum Gasteiger partial charge on any atom is -0.497 e. The summed E-state index contributed by atoms with van der Waals surface area (Å²) in [6.07, 6.45) is 0. The second-order valence-corrected chi connectivity index (χ2v) is 42.1. The van der Waals surface area contributed by atoms with Gasteiger partial charge in [-0.05, 0) is 200 Å². The fourth-order valence-electron chi connectivity index (χ4n) is 10.9. The molecule has 6 heterocycles. The zero-order valence-electron chi connectivity index (χ0n) is 83.0. The number of carboxylic acids is 1. The van der Waals surface area contributed by atoms with Gasteiger partial charge in [0, 0.05) is 101 Å². The lowest BCUT2D eigenvalue weighted by atomic mass is 9.95. The maximum absolute atomic E-state index is 12.5. The number of carboxylic acid groups (broad SMARTS) is 1. The van der Waals surface area contributed by atoms with Crippen molar-refractivity contribution < 1.29 is 86.2 Å². The molecule has 0 saturated carbocycles. The Morgan fingerprint density at radius 1 is 0.421 bits per heavy atom. The van der Waals surface area contributed by atoms with Gasteiger partial charge in [-0.1, -0.05) is 127 Å². The SMILES string of the molecule is CC(C)C(=O)Nc1nc(C(=O)O)cs1.COc1ccc(C(C)=O)c(N)c1Br.COc1ccc(C(C)=O)c(NC(=O)c2csc(NC(=O)C(C)C)n2)c1Br.COc1ccc2c(=O)cc(-c3csc(NC(=O)C(C)C)n3)[nH]c2c1Br.COc1ccc2c(Cl)cc(-c3csc(NC(=O)C(C)C)n3)nc2c1Br.COc1cccc(N)c1Br.COc1cccc(NC(=O)C(C)(C)C)c1.COc1cccc(NC(=O)C(C)(C)C)c1Br.Cl. The summed E-state index contributed by atoms with van der Waals surface area (Å²) in [4.78, 5) is 153. The number of ketones is 2. The molecule has 34 nitrogen and oxygen atoms in total. The topological polar surface area (TPSA) is 489 Å². The van der Waals surface area contributed by atoms with Crippen LogP contribution in [-0.4, -0.2) is 144 Å². The highest BCUT2D eigenvalue weighted by Crippen LogP contribution is 2.42. The fourth-order valence-corrected chi connectivity index (χ4v) is 17.3. The average molecular weight is 2490 g/mol. The average Bonchev–Trinajstić information content (AvgIpc) is 1.69. The number of ether oxygens (including phenoxy) is 7. The lowest BCUT2D eigenvalue weighted by Gasteiger charge is -2.18. The number of nitrogens with one attached hydrogen (secondary N) is 8. The van der Waals surface area contributed by atoms with Gasteiger partial charge in [0.2, 0.25) is 35.4 Å². The predicted octanol–water partition coefficient (Wildman–Crippen LogP) is 25.6. The normalized spacial score (nSPS) is 10.6. The quantitative estimate of drug-likeness (QED) is 0.0198. The standard InChI is InChI=1S/C17H15BrClN3O2S.C17H18BrN3O4S.C17H16BrN3O3S.C12H16BrNO2.C12H17NO2.C9H10BrNO2.C8H10N2O3S.C7H8BrNO.ClH/c1-8(2)16(23)22-17-21-12(7-25-17)11-6-10(19)9-4-5-13(24-3)14(18)15(9)20-11;1-8(2)15(23)21-17-19-11(7-26-17)16(24)20-14-10(9(3)22)5-6-12(25-4)13(14)18;1-8(2)16(23)21-17-20-11(7-25-17)10-6-12(22)9-4-5-13(24-3)14(18)15(9)19-10;1-12(2,3)11(15)14-8-6-5-7-9(16-4)10(8)13;1-12(2,3)11(14)13-9-6-5-7-10(8-9)15-4;1-5(12)6-3-4-7(13-2)8(10)9(6)11;1-4(2)6(11)10-8-9-5(3-14-8)7(12)13;1-10-6-4-2-3-5(9)7(6)8;/h4-8H,1-3H3,(H,21,22,23);5-8H,1-4H3,(H,20,24)(H,19,21,23);4-8H,1-3H3,(H,19,22)(H,20,21,23);5-7H,1-4H3,(H,14,15);5-8H,1-4H3,(H,13,14);3-4H,11H2,1-2H3;3-4H,1-2H3,(H,12,13)(H,9,10,11);2-4H,9H2,1H3;1H. The van der Waals surface area contributed by atoms with E-state index in [0.29, 0.717) is 135 Å². The molecule has 7 aromatic carbocycles. The number of amides is 7. The van der Waals surface area contributed by atoms with Crippen LogP contribution in [0.1, 0.15) is 152 Å². The molecule has 13 rings (SSSR count). The monoisotopic (exact) mass is 2490 g/mol. The van der Waals surface area contributed by atoms with Crippen LogP contribution in [0.25, 0.3) is 44.6 Å². The molecule has 13 aromatic rings. The Kier molecular flexibility index (Phi) is 49.7. The maximum atomic E-state index is 12.5. The summed E-state index contributed by atoms with van der Waals surface area (Å²) in [5.41, 5.74) is 18.0. The molecule has 7 amide bonds. The first kappa shape index (κ1) is 124. The van der Waals surface area contributed by atoms with Gasteiger partial charge >= 0.3 is 5.97 Å². The van der Waals surface area contributed by atoms with Gasteiger partial charge in [-0.3, -0.25) is 47.9 Å². The number of hydrogen-bond donors (Lipinski definition) is 11. The first-order chi connectivity index (χ1) is 67.7. The summed E-state index contributed by atoms with van der Waals surface area (Å²) in [5, 5.41) is 37.9. The molecule has 0 saturated heterocycles. The van der Waals surface area contributed by atoms with Crippen LogP contribution in [0.3, 0.4) is 0 Å². The Balaban J connectivity index is 0.000000297. The minimum absolute atomic E-state index is 0. The van der Waals surface area contributed by atoms with Crippen molar-refractivity contribution in [2.45, 2.75) is 111 Å². The van der Waals surface area contributed by atoms with E-state index >= 15 is 0 Å². The number of H-pyrrole nitrogens is 1. The largest absolute Gasteiger partial charge is 0.497 e. The number of nitrogen functional groups attached to an aromatic ring is 2. The van der Waals surface area contributed by atoms with E-state index in [0.717, 1.165) is 64.4 Å². The Labute approximate surface area is 916 Å². The van der Waals surface area contributed by atoms with E-state index in [4.69, 9.17) is 61.3 Å². The van der Waals surface area contributed by atoms with Crippen LogP contribution in [-0.2, 0) is 28.8 Å². The van der Waals surface area contributed by atoms with Gasteiger partial charge in [0.05, 0.1) is 127 Å². The number of Topliss-reactive ketones (excluding diaryl/α,β-unsaturated/α-hetero) is 2. The molecule has 46 heteroatoms. The van der Waals surface area contributed by atoms with Crippen molar-refractivity contribution in [3.8, 4) is 63.0 Å². The van der Waals surface area contributed by atoms with Crippen LogP contribution in [0, 0.1) is 34.5 Å². The third-order valence-corrected chi connectivity index (χ3v) is 27.4. The number of hydrogen-bond acceptors (Lipinski definition) is 29. The minimum atomic E-state index is -1.09. The number of carbonyl (C=O) groups is 10. The van der Waals surface area contributed by atoms with Crippen LogP contribution < -0.4 is 87.3 Å². The molecule has 0 bridgehead atoms. The zero-order chi connectivity index (χ0) is 108. The van der Waals surface area contributed by atoms with Crippen molar-refractivity contribution in [1.29, 1.82) is 0 Å². The number of aromatic nitrogens is 6. The molecule has 0 atom stereocenters. The molecule has 0 fully saturated rings. The van der Waals surface area contributed by atoms with Crippen LogP contribution >= 0.6 is 165 Å². The summed E-state index contributed by atoms with van der Waals surface area (Å²) in [6.45, 7) is 28.5. The number of thiazole rings is 4. The van der Waals surface area contributed by atoms with E-state index in [1.807, 2.05) is 141 Å². The summed E-state index contributed by atoms with van der Waals surface area (Å²) >= 11 is 31.6. The van der Waals surface area contributed by atoms with E-state index < -0.39 is 17.3 Å². The fraction of sp³-hybridized carbons (Fsp3) is 0.293. The number of aromatic carboxylic acids is 1. The van der Waals surface area contributed by atoms with Crippen molar-refractivity contribution in [2.75, 3.05) is 98.5 Å². The Morgan fingerprint density at radius 2 is 0.834 bits per heavy atom. The third-order valence-electron chi connectivity index (χ3n) is 19.2. The van der Waals surface area contributed by atoms with Gasteiger partial charge in [-0.15, -0.1) is 57.8 Å². The van der Waals surface area contributed by atoms with Gasteiger partial charge in [0.25, 0.3) is 5.91 Å². The number of rotatable bonds is 24. The first-order valence-corrected chi connectivity index (χ1v) is 51.8. The highest BCUT2D eigenvalue weighted by Gasteiger charge is 2.27. The summed E-state index contributed by atoms with van der Waals surface area (Å²) in [5.74, 6) is 1.65. The first-order valence-electron chi connectivity index (χ1n) is 43.2. The Hall–Kier alpha value is -11.6. The van der Waals surface area contributed by atoms with Crippen molar-refractivity contribution in [2.24, 2.45) is 34.5 Å². The number of fused-ring (bicyclic) bond motifs is 2. The number of anilines is 9. The van der Waals surface area contributed by atoms with E-state index in [1.54, 1.807) is 124 Å². The molecule has 0 aliphatic rings. The number of methoxy groups -OCH3 is 7. The molecule has 0 aliphatic carbocycles. The smallest absolute Gasteiger partial charge is 0.355 e. The second kappa shape index (κ2) is 58.1. The highest BCUT2D eigenvalue weighted by molar-refractivity contribution is 9.11. The van der Waals surface area contributed by atoms with Crippen LogP contribution in [0.5, 0.6) is 40.2 Å². The predicted molar refractivity (Wildman–Crippen MR) is 603 cm³/mol. The zero-order valence-corrected chi connectivity index (χ0v) is 97.4. The number of aromatic amines is 1. The number of nitrogens with two attached hydrogens (primary N) is 2. The molecule has 0 radical (unpaired) electrons. The van der Waals surface area contributed by atoms with Gasteiger partial charge in [0.15, 0.2) is 43.2 Å². The number of carbonyl (C=O) groups excluding carboxylic acids is 9. The molecule has 0 aliphatic heterocycles. The van der Waals surface area contributed by atoms with Gasteiger partial charge in [-0.25, -0.2) is 29.7 Å². The van der Waals surface area contributed by atoms with Gasteiger partial charge in [0.1, 0.15) is 51.6 Å². The highest BCUT2D eigenvalue weighted by atomic mass is 79.9. The number of nitrogens with zero attached hydrogens (tertiary/aromatic N) is 5. The summed E-state index contributed by atoms with van der Waals surface area (Å²) in [7, 11) is 11.0. The number of pyridine rings is 2. The molecule has 0 unspecified atom stereocenters. The lowest BCUT2D eigenvalue weighted by molar-refractivity contribution is -0.123. The van der Waals surface area contributed by atoms with E-state index in [2.05, 4.69) is 163 Å². The van der Waals surface area contributed by atoms with Crippen molar-refractivity contribution in [1.82, 2.24) is 29.9 Å². The molecular weight excluding hydrogens is 2380 g/mol. The Morgan fingerprint density at radius 3 is 1.31 bits per heavy atom. The molecule has 145 heavy (non-hydrogen) atoms. The molecule has 13 N–H and O–H groups in total. The summed E-state index contributed by atoms with van der Waals surface area (Å²) < 4.78 is 40.1. The second-order valence-electron chi connectivity index (χ2n) is 33.5. The van der Waals surface area contributed by atoms with E-state index in [-0.39, 0.29) is 105 Å². The lowest BCUT2D eigenvalue weighted by Crippen LogP contribution is -2.27. The van der Waals surface area contributed by atoms with Crippen molar-refractivity contribution in [3.63, 3.8) is 0 Å². The molecular formula is C99H111Br6Cl2N15O19S4. The molecule has 776 valence electrons. The van der Waals surface area contributed by atoms with Crippen LogP contribution in [0.2, 0.25) is 5.02 Å². The van der Waals surface area contributed by atoms with Crippen LogP contribution in [0.15, 0.2) is 174 Å². The van der Waals surface area contributed by atoms with Gasteiger partial charge in [-0.2, -0.15) is 0 Å². The Bertz CT molecular complexity index is 6850. The number of halogens is 8. The summed E-state index contributed by atoms with van der Waals surface area (Å²) in [6, 6.07) is 35.3. The van der Waals surface area contributed by atoms with E-state index in [9.17, 15) is 52.7 Å². The maximum Gasteiger partial charge on any atom is 0.355 e. The third kappa shape index (κ3) is 36.5. The van der Waals surface area contributed by atoms with Crippen LogP contribution in [0.4, 0.5) is 49.0 Å². The van der Waals surface area contributed by atoms with Crippen molar-refractivity contribution in [3.05, 3.63) is 207 Å². The molecule has 6 aromatic heterocycles. The molecule has 0 spiro atoms. The number of benzene rings is 7. The van der Waals surface area contributed by atoms with E-state index in [1.165, 1.54) is 60.5 Å². The van der Waals surface area contributed by atoms with Crippen molar-refractivity contribution >= 4 is 295 Å².